The van der Waals surface area contributed by atoms with Crippen LogP contribution in [0.15, 0.2) is 0 Å². The number of nitrogens with zero attached hydrogens (tertiary/aromatic N) is 1. The van der Waals surface area contributed by atoms with Crippen molar-refractivity contribution in [1.29, 1.82) is 0 Å². The molecule has 112 valence electrons. The number of hydrogen-bond donors (Lipinski definition) is 3. The quantitative estimate of drug-likeness (QED) is 0.715. The Hall–Kier alpha value is -1.28. The number of aryl methyl sites for hydroxylation is 1. The van der Waals surface area contributed by atoms with Crippen molar-refractivity contribution < 1.29 is 14.7 Å². The predicted octanol–water partition coefficient (Wildman–Crippen LogP) is 1.95. The van der Waals surface area contributed by atoms with Gasteiger partial charge in [0.15, 0.2) is 0 Å². The first-order valence-corrected chi connectivity index (χ1v) is 8.35. The summed E-state index contributed by atoms with van der Waals surface area (Å²) < 4.78 is 0. The molecule has 1 aromatic heterocycles. The third-order valence-electron chi connectivity index (χ3n) is 2.50. The summed E-state index contributed by atoms with van der Waals surface area (Å²) in [5.74, 6) is 0.423. The lowest BCUT2D eigenvalue weighted by molar-refractivity contribution is 0.0701. The summed E-state index contributed by atoms with van der Waals surface area (Å²) in [7, 11) is 0. The summed E-state index contributed by atoms with van der Waals surface area (Å²) in [6.07, 6.45) is 2.03. The Morgan fingerprint density at radius 2 is 2.15 bits per heavy atom. The van der Waals surface area contributed by atoms with E-state index in [1.165, 1.54) is 0 Å². The van der Waals surface area contributed by atoms with Crippen LogP contribution < -0.4 is 10.6 Å². The molecule has 1 heterocycles. The molecule has 1 atom stereocenters. The van der Waals surface area contributed by atoms with Crippen molar-refractivity contribution in [3.8, 4) is 0 Å². The highest BCUT2D eigenvalue weighted by Crippen LogP contribution is 2.17. The summed E-state index contributed by atoms with van der Waals surface area (Å²) in [6.45, 7) is 4.57. The van der Waals surface area contributed by atoms with Crippen molar-refractivity contribution in [2.75, 3.05) is 18.6 Å². The lowest BCUT2D eigenvalue weighted by Crippen LogP contribution is -2.37. The fraction of sp³-hybridized carbons (Fsp3) is 0.583. The number of urea groups is 1. The van der Waals surface area contributed by atoms with Gasteiger partial charge in [-0.2, -0.15) is 11.8 Å². The molecule has 3 N–H and O–H groups in total. The fourth-order valence-corrected chi connectivity index (χ4v) is 3.09. The van der Waals surface area contributed by atoms with Crippen LogP contribution in [0, 0.1) is 12.8 Å². The number of carbonyl (C=O) groups excluding carboxylic acids is 1. The third-order valence-corrected chi connectivity index (χ3v) is 4.55. The van der Waals surface area contributed by atoms with Crippen LogP contribution in [0.1, 0.15) is 27.3 Å². The van der Waals surface area contributed by atoms with Gasteiger partial charge in [-0.25, -0.2) is 14.6 Å². The minimum atomic E-state index is -0.985. The largest absolute Gasteiger partial charge is 0.477 e. The van der Waals surface area contributed by atoms with E-state index in [0.29, 0.717) is 23.2 Å². The smallest absolute Gasteiger partial charge is 0.347 e. The van der Waals surface area contributed by atoms with Crippen molar-refractivity contribution in [2.24, 2.45) is 5.92 Å². The number of thiazole rings is 1. The lowest BCUT2D eigenvalue weighted by Gasteiger charge is -2.11. The second-order valence-corrected chi connectivity index (χ2v) is 6.45. The summed E-state index contributed by atoms with van der Waals surface area (Å²) in [4.78, 5) is 26.8. The highest BCUT2D eigenvalue weighted by atomic mass is 32.2. The van der Waals surface area contributed by atoms with Gasteiger partial charge in [0, 0.05) is 6.54 Å². The van der Waals surface area contributed by atoms with E-state index in [0.717, 1.165) is 17.1 Å². The van der Waals surface area contributed by atoms with Gasteiger partial charge in [0.2, 0.25) is 0 Å². The Kier molecular flexibility index (Phi) is 6.80. The number of carboxylic acids is 1. The topological polar surface area (TPSA) is 91.3 Å². The first-order chi connectivity index (χ1) is 9.43. The maximum Gasteiger partial charge on any atom is 0.347 e. The summed E-state index contributed by atoms with van der Waals surface area (Å²) in [5.41, 5.74) is 0.480. The maximum atomic E-state index is 11.6. The molecular formula is C12H19N3O3S2. The van der Waals surface area contributed by atoms with Crippen LogP contribution >= 0.6 is 23.1 Å². The zero-order chi connectivity index (χ0) is 15.1. The van der Waals surface area contributed by atoms with E-state index in [1.54, 1.807) is 18.7 Å². The number of thioether (sulfide) groups is 1. The molecule has 0 saturated heterocycles. The maximum absolute atomic E-state index is 11.6. The van der Waals surface area contributed by atoms with Gasteiger partial charge in [0.25, 0.3) is 0 Å². The molecule has 0 aromatic carbocycles. The van der Waals surface area contributed by atoms with Gasteiger partial charge in [-0.1, -0.05) is 6.92 Å². The van der Waals surface area contributed by atoms with Crippen molar-refractivity contribution >= 4 is 35.1 Å². The van der Waals surface area contributed by atoms with Crippen molar-refractivity contribution in [3.05, 3.63) is 15.6 Å². The van der Waals surface area contributed by atoms with Crippen LogP contribution in [0.3, 0.4) is 0 Å². The van der Waals surface area contributed by atoms with Gasteiger partial charge in [-0.3, -0.25) is 0 Å². The molecule has 8 heteroatoms. The van der Waals surface area contributed by atoms with Gasteiger partial charge in [-0.05, 0) is 24.9 Å². The zero-order valence-corrected chi connectivity index (χ0v) is 13.4. The summed E-state index contributed by atoms with van der Waals surface area (Å²) in [5, 5.41) is 15.0. The number of amides is 2. The van der Waals surface area contributed by atoms with Crippen LogP contribution in [0.4, 0.5) is 4.79 Å². The third kappa shape index (κ3) is 5.38. The standard InChI is InChI=1S/C12H19N3O3S2/c1-7(6-19-3)4-13-12(18)14-5-9-15-8(2)10(20-9)11(16)17/h7H,4-6H2,1-3H3,(H,16,17)(H2,13,14,18). The van der Waals surface area contributed by atoms with Crippen LogP contribution in [0.5, 0.6) is 0 Å². The van der Waals surface area contributed by atoms with Gasteiger partial charge in [0.1, 0.15) is 9.88 Å². The van der Waals surface area contributed by atoms with E-state index in [9.17, 15) is 9.59 Å². The number of carbonyl (C=O) groups is 2. The van der Waals surface area contributed by atoms with Gasteiger partial charge >= 0.3 is 12.0 Å². The molecule has 1 rings (SSSR count). The highest BCUT2D eigenvalue weighted by Gasteiger charge is 2.14. The summed E-state index contributed by atoms with van der Waals surface area (Å²) >= 11 is 2.83. The molecule has 2 amide bonds. The normalized spacial score (nSPS) is 11.9. The highest BCUT2D eigenvalue weighted by molar-refractivity contribution is 7.98. The van der Waals surface area contributed by atoms with Gasteiger partial charge in [0.05, 0.1) is 12.2 Å². The van der Waals surface area contributed by atoms with E-state index in [4.69, 9.17) is 5.11 Å². The molecule has 0 bridgehead atoms. The van der Waals surface area contributed by atoms with Crippen LogP contribution in [-0.2, 0) is 6.54 Å². The van der Waals surface area contributed by atoms with Crippen LogP contribution in [0.25, 0.3) is 0 Å². The number of rotatable bonds is 7. The Morgan fingerprint density at radius 1 is 1.45 bits per heavy atom. The van der Waals surface area contributed by atoms with E-state index in [1.807, 2.05) is 6.26 Å². The monoisotopic (exact) mass is 317 g/mol. The van der Waals surface area contributed by atoms with E-state index < -0.39 is 5.97 Å². The molecule has 0 radical (unpaired) electrons. The Labute approximate surface area is 126 Å². The average Bonchev–Trinajstić information content (AvgIpc) is 2.76. The number of carboxylic acid groups (broad SMARTS) is 1. The molecule has 0 aliphatic carbocycles. The molecule has 6 nitrogen and oxygen atoms in total. The summed E-state index contributed by atoms with van der Waals surface area (Å²) in [6, 6.07) is -0.261. The van der Waals surface area contributed by atoms with E-state index >= 15 is 0 Å². The molecular weight excluding hydrogens is 298 g/mol. The van der Waals surface area contributed by atoms with Crippen molar-refractivity contribution in [1.82, 2.24) is 15.6 Å². The van der Waals surface area contributed by atoms with E-state index in [2.05, 4.69) is 22.5 Å². The first kappa shape index (κ1) is 16.8. The molecule has 1 unspecified atom stereocenters. The molecule has 0 fully saturated rings. The van der Waals surface area contributed by atoms with Crippen molar-refractivity contribution in [2.45, 2.75) is 20.4 Å². The minimum absolute atomic E-state index is 0.218. The SMILES string of the molecule is CSCC(C)CNC(=O)NCc1nc(C)c(C(=O)O)s1. The Bertz CT molecular complexity index is 477. The number of nitrogens with one attached hydrogen (secondary N) is 2. The Balaban J connectivity index is 2.37. The Morgan fingerprint density at radius 3 is 2.70 bits per heavy atom. The molecule has 1 aromatic rings. The number of hydrogen-bond acceptors (Lipinski definition) is 5. The number of aromatic nitrogens is 1. The van der Waals surface area contributed by atoms with Crippen LogP contribution in [0.2, 0.25) is 0 Å². The molecule has 0 spiro atoms. The van der Waals surface area contributed by atoms with Crippen LogP contribution in [-0.4, -0.2) is 40.6 Å². The number of aromatic carboxylic acids is 1. The lowest BCUT2D eigenvalue weighted by atomic mass is 10.2. The van der Waals surface area contributed by atoms with Crippen molar-refractivity contribution in [3.63, 3.8) is 0 Å². The molecule has 0 saturated carbocycles. The molecule has 0 aliphatic rings. The van der Waals surface area contributed by atoms with E-state index in [-0.39, 0.29) is 17.5 Å². The molecule has 20 heavy (non-hydrogen) atoms. The zero-order valence-electron chi connectivity index (χ0n) is 11.7. The average molecular weight is 317 g/mol. The second-order valence-electron chi connectivity index (χ2n) is 4.45. The predicted molar refractivity (Wildman–Crippen MR) is 81.6 cm³/mol. The molecule has 0 aliphatic heterocycles. The first-order valence-electron chi connectivity index (χ1n) is 6.14. The second kappa shape index (κ2) is 8.11. The van der Waals surface area contributed by atoms with Gasteiger partial charge in [-0.15, -0.1) is 11.3 Å². The van der Waals surface area contributed by atoms with Gasteiger partial charge < -0.3 is 15.7 Å². The minimum Gasteiger partial charge on any atom is -0.477 e. The fourth-order valence-electron chi connectivity index (χ4n) is 1.56.